The average molecular weight is 290 g/mol. The summed E-state index contributed by atoms with van der Waals surface area (Å²) in [4.78, 5) is 0.237. The van der Waals surface area contributed by atoms with Gasteiger partial charge in [0.25, 0.3) is 10.0 Å². The number of sulfonamides is 1. The zero-order chi connectivity index (χ0) is 14.8. The van der Waals surface area contributed by atoms with Crippen LogP contribution in [0.1, 0.15) is 18.1 Å². The molecule has 0 aliphatic heterocycles. The van der Waals surface area contributed by atoms with E-state index in [1.807, 2.05) is 19.9 Å². The molecule has 20 heavy (non-hydrogen) atoms. The smallest absolute Gasteiger partial charge is 0.261 e. The Balaban J connectivity index is 2.28. The minimum atomic E-state index is -3.57. The van der Waals surface area contributed by atoms with Crippen molar-refractivity contribution < 1.29 is 8.42 Å². The van der Waals surface area contributed by atoms with E-state index in [4.69, 9.17) is 5.73 Å². The molecule has 0 fully saturated rings. The SMILES string of the molecule is CCc1ccc(NS(=O)(=O)c2ccc(C)cc2)cc1N. The van der Waals surface area contributed by atoms with Crippen molar-refractivity contribution in [2.24, 2.45) is 0 Å². The van der Waals surface area contributed by atoms with Gasteiger partial charge in [-0.1, -0.05) is 30.7 Å². The third-order valence-electron chi connectivity index (χ3n) is 3.11. The molecule has 106 valence electrons. The van der Waals surface area contributed by atoms with E-state index < -0.39 is 10.0 Å². The number of hydrogen-bond acceptors (Lipinski definition) is 3. The lowest BCUT2D eigenvalue weighted by atomic mass is 10.1. The second-order valence-electron chi connectivity index (χ2n) is 4.69. The maximum absolute atomic E-state index is 12.2. The monoisotopic (exact) mass is 290 g/mol. The van der Waals surface area contributed by atoms with Gasteiger partial charge >= 0.3 is 0 Å². The normalized spacial score (nSPS) is 11.3. The van der Waals surface area contributed by atoms with E-state index in [-0.39, 0.29) is 4.90 Å². The maximum atomic E-state index is 12.2. The summed E-state index contributed by atoms with van der Waals surface area (Å²) < 4.78 is 27.0. The van der Waals surface area contributed by atoms with Gasteiger partial charge in [-0.2, -0.15) is 0 Å². The first-order valence-electron chi connectivity index (χ1n) is 6.40. The number of nitrogen functional groups attached to an aromatic ring is 1. The molecule has 0 aromatic heterocycles. The number of hydrogen-bond donors (Lipinski definition) is 2. The Kier molecular flexibility index (Phi) is 3.99. The number of nitrogens with two attached hydrogens (primary N) is 1. The minimum absolute atomic E-state index is 0.237. The van der Waals surface area contributed by atoms with Crippen LogP contribution in [0.5, 0.6) is 0 Å². The summed E-state index contributed by atoms with van der Waals surface area (Å²) in [5.74, 6) is 0. The molecule has 5 heteroatoms. The van der Waals surface area contributed by atoms with Crippen LogP contribution >= 0.6 is 0 Å². The van der Waals surface area contributed by atoms with Crippen LogP contribution in [0.15, 0.2) is 47.4 Å². The highest BCUT2D eigenvalue weighted by Gasteiger charge is 2.14. The molecule has 0 amide bonds. The van der Waals surface area contributed by atoms with Crippen LogP contribution in [-0.2, 0) is 16.4 Å². The summed E-state index contributed by atoms with van der Waals surface area (Å²) in [6.45, 7) is 3.91. The predicted octanol–water partition coefficient (Wildman–Crippen LogP) is 2.94. The van der Waals surface area contributed by atoms with Crippen LogP contribution < -0.4 is 10.5 Å². The van der Waals surface area contributed by atoms with Gasteiger partial charge in [-0.05, 0) is 43.2 Å². The molecule has 0 heterocycles. The average Bonchev–Trinajstić information content (AvgIpc) is 2.39. The Labute approximate surface area is 119 Å². The van der Waals surface area contributed by atoms with E-state index in [9.17, 15) is 8.42 Å². The second kappa shape index (κ2) is 5.54. The van der Waals surface area contributed by atoms with Crippen molar-refractivity contribution >= 4 is 21.4 Å². The van der Waals surface area contributed by atoms with Gasteiger partial charge in [-0.3, -0.25) is 4.72 Å². The number of benzene rings is 2. The lowest BCUT2D eigenvalue weighted by molar-refractivity contribution is 0.601. The van der Waals surface area contributed by atoms with E-state index in [1.54, 1.807) is 36.4 Å². The van der Waals surface area contributed by atoms with Gasteiger partial charge in [-0.15, -0.1) is 0 Å². The molecule has 0 unspecified atom stereocenters. The molecular formula is C15H18N2O2S. The van der Waals surface area contributed by atoms with Crippen molar-refractivity contribution in [2.45, 2.75) is 25.2 Å². The summed E-state index contributed by atoms with van der Waals surface area (Å²) in [5.41, 5.74) is 8.96. The Hall–Kier alpha value is -2.01. The largest absolute Gasteiger partial charge is 0.398 e. The Morgan fingerprint density at radius 1 is 1.10 bits per heavy atom. The fourth-order valence-electron chi connectivity index (χ4n) is 1.91. The van der Waals surface area contributed by atoms with Crippen molar-refractivity contribution in [2.75, 3.05) is 10.5 Å². The summed E-state index contributed by atoms with van der Waals surface area (Å²) >= 11 is 0. The summed E-state index contributed by atoms with van der Waals surface area (Å²) in [5, 5.41) is 0. The van der Waals surface area contributed by atoms with Crippen molar-refractivity contribution in [3.05, 3.63) is 53.6 Å². The third-order valence-corrected chi connectivity index (χ3v) is 4.51. The quantitative estimate of drug-likeness (QED) is 0.850. The molecule has 0 radical (unpaired) electrons. The fraction of sp³-hybridized carbons (Fsp3) is 0.200. The zero-order valence-electron chi connectivity index (χ0n) is 11.6. The molecular weight excluding hydrogens is 272 g/mol. The molecule has 0 atom stereocenters. The third kappa shape index (κ3) is 3.11. The molecule has 4 nitrogen and oxygen atoms in total. The topological polar surface area (TPSA) is 72.2 Å². The molecule has 0 saturated heterocycles. The van der Waals surface area contributed by atoms with E-state index in [0.29, 0.717) is 11.4 Å². The Bertz CT molecular complexity index is 707. The number of aryl methyl sites for hydroxylation is 2. The van der Waals surface area contributed by atoms with Gasteiger partial charge in [0.15, 0.2) is 0 Å². The van der Waals surface area contributed by atoms with Crippen LogP contribution in [0.2, 0.25) is 0 Å². The lowest BCUT2D eigenvalue weighted by Gasteiger charge is -2.10. The highest BCUT2D eigenvalue weighted by atomic mass is 32.2. The van der Waals surface area contributed by atoms with E-state index >= 15 is 0 Å². The fourth-order valence-corrected chi connectivity index (χ4v) is 2.96. The summed E-state index contributed by atoms with van der Waals surface area (Å²) in [6, 6.07) is 11.9. The molecule has 2 aromatic rings. The second-order valence-corrected chi connectivity index (χ2v) is 6.37. The maximum Gasteiger partial charge on any atom is 0.261 e. The van der Waals surface area contributed by atoms with Crippen LogP contribution in [0.3, 0.4) is 0 Å². The van der Waals surface area contributed by atoms with Crippen LogP contribution in [0.4, 0.5) is 11.4 Å². The molecule has 0 aliphatic rings. The highest BCUT2D eigenvalue weighted by Crippen LogP contribution is 2.21. The van der Waals surface area contributed by atoms with Gasteiger partial charge in [-0.25, -0.2) is 8.42 Å². The summed E-state index contributed by atoms with van der Waals surface area (Å²) in [6.07, 6.45) is 0.816. The molecule has 3 N–H and O–H groups in total. The van der Waals surface area contributed by atoms with Gasteiger partial charge in [0.2, 0.25) is 0 Å². The molecule has 2 rings (SSSR count). The van der Waals surface area contributed by atoms with Crippen molar-refractivity contribution in [1.29, 1.82) is 0 Å². The first kappa shape index (κ1) is 14.4. The number of nitrogens with one attached hydrogen (secondary N) is 1. The van der Waals surface area contributed by atoms with Gasteiger partial charge in [0.05, 0.1) is 10.6 Å². The van der Waals surface area contributed by atoms with Crippen LogP contribution in [0, 0.1) is 6.92 Å². The molecule has 0 saturated carbocycles. The number of anilines is 2. The molecule has 0 bridgehead atoms. The van der Waals surface area contributed by atoms with Gasteiger partial charge in [0.1, 0.15) is 0 Å². The minimum Gasteiger partial charge on any atom is -0.398 e. The van der Waals surface area contributed by atoms with E-state index in [2.05, 4.69) is 4.72 Å². The van der Waals surface area contributed by atoms with Crippen molar-refractivity contribution in [3.8, 4) is 0 Å². The van der Waals surface area contributed by atoms with Crippen molar-refractivity contribution in [3.63, 3.8) is 0 Å². The van der Waals surface area contributed by atoms with E-state index in [0.717, 1.165) is 17.5 Å². The first-order chi connectivity index (χ1) is 9.42. The standard InChI is InChI=1S/C15H18N2O2S/c1-3-12-6-7-13(10-15(12)16)17-20(18,19)14-8-4-11(2)5-9-14/h4-10,17H,3,16H2,1-2H3. The van der Waals surface area contributed by atoms with Crippen LogP contribution in [-0.4, -0.2) is 8.42 Å². The first-order valence-corrected chi connectivity index (χ1v) is 7.88. The van der Waals surface area contributed by atoms with E-state index in [1.165, 1.54) is 0 Å². The molecule has 0 aliphatic carbocycles. The zero-order valence-corrected chi connectivity index (χ0v) is 12.4. The molecule has 0 spiro atoms. The van der Waals surface area contributed by atoms with Crippen LogP contribution in [0.25, 0.3) is 0 Å². The lowest BCUT2D eigenvalue weighted by Crippen LogP contribution is -2.13. The van der Waals surface area contributed by atoms with Crippen molar-refractivity contribution in [1.82, 2.24) is 0 Å². The Morgan fingerprint density at radius 3 is 2.30 bits per heavy atom. The summed E-state index contributed by atoms with van der Waals surface area (Å²) in [7, 11) is -3.57. The van der Waals surface area contributed by atoms with Gasteiger partial charge in [0, 0.05) is 5.69 Å². The predicted molar refractivity (Wildman–Crippen MR) is 82.2 cm³/mol. The molecule has 2 aromatic carbocycles. The number of rotatable bonds is 4. The Morgan fingerprint density at radius 2 is 1.75 bits per heavy atom. The van der Waals surface area contributed by atoms with Gasteiger partial charge < -0.3 is 5.73 Å². The highest BCUT2D eigenvalue weighted by molar-refractivity contribution is 7.92.